The molecule has 1 aromatic carbocycles. The van der Waals surface area contributed by atoms with E-state index < -0.39 is 5.97 Å². The van der Waals surface area contributed by atoms with Crippen LogP contribution in [0, 0.1) is 12.8 Å². The van der Waals surface area contributed by atoms with E-state index in [1.165, 1.54) is 11.0 Å². The first-order valence-electron chi connectivity index (χ1n) is 6.64. The maximum absolute atomic E-state index is 12.0. The fourth-order valence-electron chi connectivity index (χ4n) is 1.79. The second-order valence-electron chi connectivity index (χ2n) is 5.25. The molecular weight excluding hydrogens is 254 g/mol. The second kappa shape index (κ2) is 7.48. The lowest BCUT2D eigenvalue weighted by atomic mass is 10.1. The van der Waals surface area contributed by atoms with E-state index in [2.05, 4.69) is 0 Å². The van der Waals surface area contributed by atoms with Crippen molar-refractivity contribution in [1.82, 2.24) is 4.90 Å². The summed E-state index contributed by atoms with van der Waals surface area (Å²) in [5.74, 6) is -1.05. The van der Waals surface area contributed by atoms with Gasteiger partial charge in [-0.3, -0.25) is 9.59 Å². The summed E-state index contributed by atoms with van der Waals surface area (Å²) in [6.45, 7) is 6.06. The van der Waals surface area contributed by atoms with Gasteiger partial charge in [-0.1, -0.05) is 43.7 Å². The zero-order chi connectivity index (χ0) is 15.1. The smallest absolute Gasteiger partial charge is 0.323 e. The van der Waals surface area contributed by atoms with Gasteiger partial charge in [0.2, 0.25) is 5.91 Å². The van der Waals surface area contributed by atoms with Gasteiger partial charge in [0.05, 0.1) is 0 Å². The van der Waals surface area contributed by atoms with Crippen LogP contribution in [0.5, 0.6) is 0 Å². The zero-order valence-corrected chi connectivity index (χ0v) is 12.2. The first-order chi connectivity index (χ1) is 9.38. The highest BCUT2D eigenvalue weighted by atomic mass is 16.4. The molecule has 0 aliphatic rings. The first-order valence-corrected chi connectivity index (χ1v) is 6.64. The van der Waals surface area contributed by atoms with E-state index in [1.54, 1.807) is 6.08 Å². The molecule has 0 aliphatic carbocycles. The number of amides is 1. The van der Waals surface area contributed by atoms with Gasteiger partial charge in [-0.05, 0) is 24.5 Å². The van der Waals surface area contributed by atoms with E-state index in [0.717, 1.165) is 11.1 Å². The van der Waals surface area contributed by atoms with Gasteiger partial charge in [0.25, 0.3) is 0 Å². The van der Waals surface area contributed by atoms with Gasteiger partial charge in [0.15, 0.2) is 0 Å². The molecule has 1 amide bonds. The summed E-state index contributed by atoms with van der Waals surface area (Å²) >= 11 is 0. The van der Waals surface area contributed by atoms with E-state index in [0.29, 0.717) is 6.54 Å². The fourth-order valence-corrected chi connectivity index (χ4v) is 1.79. The van der Waals surface area contributed by atoms with Crippen molar-refractivity contribution in [2.45, 2.75) is 20.8 Å². The summed E-state index contributed by atoms with van der Waals surface area (Å²) in [6, 6.07) is 7.77. The van der Waals surface area contributed by atoms with Crippen LogP contribution in [0.25, 0.3) is 6.08 Å². The molecule has 0 saturated heterocycles. The first kappa shape index (κ1) is 16.0. The number of benzene rings is 1. The van der Waals surface area contributed by atoms with E-state index in [4.69, 9.17) is 5.11 Å². The van der Waals surface area contributed by atoms with Crippen LogP contribution in [0.4, 0.5) is 0 Å². The molecule has 0 aromatic heterocycles. The quantitative estimate of drug-likeness (QED) is 0.812. The van der Waals surface area contributed by atoms with Crippen molar-refractivity contribution in [2.75, 3.05) is 13.1 Å². The highest BCUT2D eigenvalue weighted by molar-refractivity contribution is 5.93. The SMILES string of the molecule is Cc1ccc(C=CC(=O)N(CC(=O)O)CC(C)C)cc1. The third-order valence-electron chi connectivity index (χ3n) is 2.72. The molecule has 0 unspecified atom stereocenters. The Balaban J connectivity index is 2.73. The predicted octanol–water partition coefficient (Wildman–Crippen LogP) is 2.58. The molecule has 0 fully saturated rings. The Kier molecular flexibility index (Phi) is 5.97. The van der Waals surface area contributed by atoms with Crippen LogP contribution in [0.2, 0.25) is 0 Å². The molecule has 0 heterocycles. The molecule has 1 N–H and O–H groups in total. The average molecular weight is 275 g/mol. The van der Waals surface area contributed by atoms with Crippen molar-refractivity contribution >= 4 is 18.0 Å². The molecule has 108 valence electrons. The van der Waals surface area contributed by atoms with Gasteiger partial charge in [-0.2, -0.15) is 0 Å². The fraction of sp³-hybridized carbons (Fsp3) is 0.375. The summed E-state index contributed by atoms with van der Waals surface area (Å²) in [5, 5.41) is 8.84. The molecule has 4 nitrogen and oxygen atoms in total. The molecule has 1 aromatic rings. The third kappa shape index (κ3) is 5.69. The predicted molar refractivity (Wildman–Crippen MR) is 79.3 cm³/mol. The van der Waals surface area contributed by atoms with Crippen LogP contribution in [0.1, 0.15) is 25.0 Å². The van der Waals surface area contributed by atoms with Crippen molar-refractivity contribution in [1.29, 1.82) is 0 Å². The van der Waals surface area contributed by atoms with Crippen molar-refractivity contribution in [3.8, 4) is 0 Å². The Morgan fingerprint density at radius 2 is 1.85 bits per heavy atom. The van der Waals surface area contributed by atoms with Crippen LogP contribution in [0.3, 0.4) is 0 Å². The molecule has 0 atom stereocenters. The zero-order valence-electron chi connectivity index (χ0n) is 12.2. The molecule has 0 aliphatic heterocycles. The number of carbonyl (C=O) groups excluding carboxylic acids is 1. The molecule has 20 heavy (non-hydrogen) atoms. The van der Waals surface area contributed by atoms with Gasteiger partial charge < -0.3 is 10.0 Å². The lowest BCUT2D eigenvalue weighted by Gasteiger charge is -2.21. The maximum atomic E-state index is 12.0. The summed E-state index contributed by atoms with van der Waals surface area (Å²) in [5.41, 5.74) is 2.07. The van der Waals surface area contributed by atoms with Gasteiger partial charge >= 0.3 is 5.97 Å². The Labute approximate surface area is 119 Å². The van der Waals surface area contributed by atoms with Crippen LogP contribution >= 0.6 is 0 Å². The number of hydrogen-bond donors (Lipinski definition) is 1. The molecule has 0 spiro atoms. The number of carbonyl (C=O) groups is 2. The van der Waals surface area contributed by atoms with E-state index in [-0.39, 0.29) is 18.4 Å². The standard InChI is InChI=1S/C16H21NO3/c1-12(2)10-17(11-16(19)20)15(18)9-8-14-6-4-13(3)5-7-14/h4-9,12H,10-11H2,1-3H3,(H,19,20). The highest BCUT2D eigenvalue weighted by Gasteiger charge is 2.15. The van der Waals surface area contributed by atoms with Gasteiger partial charge in [0.1, 0.15) is 6.54 Å². The molecular formula is C16H21NO3. The summed E-state index contributed by atoms with van der Waals surface area (Å²) in [6.07, 6.45) is 3.13. The molecule has 4 heteroatoms. The summed E-state index contributed by atoms with van der Waals surface area (Å²) in [7, 11) is 0. The van der Waals surface area contributed by atoms with E-state index in [9.17, 15) is 9.59 Å². The lowest BCUT2D eigenvalue weighted by Crippen LogP contribution is -2.37. The Morgan fingerprint density at radius 1 is 1.25 bits per heavy atom. The van der Waals surface area contributed by atoms with Crippen LogP contribution < -0.4 is 0 Å². The monoisotopic (exact) mass is 275 g/mol. The second-order valence-corrected chi connectivity index (χ2v) is 5.25. The largest absolute Gasteiger partial charge is 0.480 e. The van der Waals surface area contributed by atoms with Crippen molar-refractivity contribution < 1.29 is 14.7 Å². The van der Waals surface area contributed by atoms with Gasteiger partial charge in [-0.15, -0.1) is 0 Å². The minimum absolute atomic E-state index is 0.228. The molecule has 0 radical (unpaired) electrons. The van der Waals surface area contributed by atoms with Gasteiger partial charge in [0, 0.05) is 12.6 Å². The Morgan fingerprint density at radius 3 is 2.35 bits per heavy atom. The lowest BCUT2D eigenvalue weighted by molar-refractivity contribution is -0.143. The number of aryl methyl sites for hydroxylation is 1. The molecule has 1 rings (SSSR count). The normalized spacial score (nSPS) is 11.0. The number of carboxylic acids is 1. The number of aliphatic carboxylic acids is 1. The summed E-state index contributed by atoms with van der Waals surface area (Å²) < 4.78 is 0. The van der Waals surface area contributed by atoms with Crippen LogP contribution in [-0.4, -0.2) is 35.0 Å². The molecule has 0 bridgehead atoms. The minimum atomic E-state index is -0.997. The van der Waals surface area contributed by atoms with Gasteiger partial charge in [-0.25, -0.2) is 0 Å². The number of rotatable bonds is 6. The topological polar surface area (TPSA) is 57.6 Å². The number of carboxylic acid groups (broad SMARTS) is 1. The Bertz CT molecular complexity index is 489. The Hall–Kier alpha value is -2.10. The maximum Gasteiger partial charge on any atom is 0.323 e. The highest BCUT2D eigenvalue weighted by Crippen LogP contribution is 2.06. The van der Waals surface area contributed by atoms with Crippen molar-refractivity contribution in [3.05, 3.63) is 41.5 Å². The number of nitrogens with zero attached hydrogens (tertiary/aromatic N) is 1. The average Bonchev–Trinajstić information content (AvgIpc) is 2.36. The van der Waals surface area contributed by atoms with Crippen LogP contribution in [0.15, 0.2) is 30.3 Å². The van der Waals surface area contributed by atoms with Crippen molar-refractivity contribution in [3.63, 3.8) is 0 Å². The minimum Gasteiger partial charge on any atom is -0.480 e. The van der Waals surface area contributed by atoms with E-state index >= 15 is 0 Å². The summed E-state index contributed by atoms with van der Waals surface area (Å²) in [4.78, 5) is 24.2. The number of hydrogen-bond acceptors (Lipinski definition) is 2. The van der Waals surface area contributed by atoms with E-state index in [1.807, 2.05) is 45.0 Å². The third-order valence-corrected chi connectivity index (χ3v) is 2.72. The molecule has 0 saturated carbocycles. The van der Waals surface area contributed by atoms with Crippen LogP contribution in [-0.2, 0) is 9.59 Å². The van der Waals surface area contributed by atoms with Crippen molar-refractivity contribution in [2.24, 2.45) is 5.92 Å².